The van der Waals surface area contributed by atoms with E-state index in [-0.39, 0.29) is 0 Å². The van der Waals surface area contributed by atoms with Gasteiger partial charge in [-0.05, 0) is 0 Å². The van der Waals surface area contributed by atoms with Crippen LogP contribution in [0.5, 0.6) is 0 Å². The van der Waals surface area contributed by atoms with Gasteiger partial charge in [0.15, 0.2) is 11.3 Å². The molecule has 1 saturated heterocycles. The number of nitrogens with zero attached hydrogens (tertiary/aromatic N) is 4. The summed E-state index contributed by atoms with van der Waals surface area (Å²) in [4.78, 5) is 17.8. The topological polar surface area (TPSA) is 66.9 Å². The molecule has 0 aliphatic carbocycles. The molecule has 0 bridgehead atoms. The zero-order valence-corrected chi connectivity index (χ0v) is 8.18. The van der Waals surface area contributed by atoms with Crippen molar-refractivity contribution in [3.8, 4) is 0 Å². The molecule has 1 aliphatic rings. The monoisotopic (exact) mass is 205 g/mol. The Labute approximate surface area is 86.3 Å². The smallest absolute Gasteiger partial charge is 0.197 e. The van der Waals surface area contributed by atoms with E-state index in [9.17, 15) is 0 Å². The number of aromatic amines is 1. The Morgan fingerprint density at radius 1 is 1.27 bits per heavy atom. The third kappa shape index (κ3) is 1.52. The van der Waals surface area contributed by atoms with E-state index in [2.05, 4.69) is 24.8 Å². The van der Waals surface area contributed by atoms with Crippen LogP contribution in [0, 0.1) is 0 Å². The molecule has 0 spiro atoms. The summed E-state index contributed by atoms with van der Waals surface area (Å²) in [5.41, 5.74) is 1.39. The minimum Gasteiger partial charge on any atom is -0.378 e. The van der Waals surface area contributed by atoms with Crippen LogP contribution < -0.4 is 4.90 Å². The molecule has 1 aliphatic heterocycles. The predicted octanol–water partition coefficient (Wildman–Crippen LogP) is 0.189. The average molecular weight is 205 g/mol. The van der Waals surface area contributed by atoms with Crippen LogP contribution in [0.4, 0.5) is 5.82 Å². The largest absolute Gasteiger partial charge is 0.378 e. The van der Waals surface area contributed by atoms with Gasteiger partial charge in [-0.3, -0.25) is 0 Å². The van der Waals surface area contributed by atoms with Gasteiger partial charge in [-0.1, -0.05) is 0 Å². The summed E-state index contributed by atoms with van der Waals surface area (Å²) in [5, 5.41) is 0. The normalized spacial score (nSPS) is 17.2. The van der Waals surface area contributed by atoms with Crippen molar-refractivity contribution >= 4 is 17.1 Å². The van der Waals surface area contributed by atoms with Gasteiger partial charge >= 0.3 is 0 Å². The summed E-state index contributed by atoms with van der Waals surface area (Å²) in [6.45, 7) is 3.24. The molecule has 2 aromatic heterocycles. The summed E-state index contributed by atoms with van der Waals surface area (Å²) >= 11 is 0. The van der Waals surface area contributed by atoms with Crippen molar-refractivity contribution in [1.29, 1.82) is 0 Å². The van der Waals surface area contributed by atoms with Crippen molar-refractivity contribution in [2.45, 2.75) is 0 Å². The first-order chi connectivity index (χ1) is 7.43. The molecule has 0 saturated carbocycles. The standard InChI is InChI=1S/C9H11N5O/c1-3-15-4-2-14(1)7-5-10-8-9(13-7)12-6-11-8/h5-6H,1-4H2,(H,10,11,12,13). The van der Waals surface area contributed by atoms with E-state index in [1.807, 2.05) is 0 Å². The van der Waals surface area contributed by atoms with Crippen molar-refractivity contribution < 1.29 is 4.74 Å². The van der Waals surface area contributed by atoms with E-state index >= 15 is 0 Å². The lowest BCUT2D eigenvalue weighted by Gasteiger charge is -2.27. The second kappa shape index (κ2) is 3.47. The number of imidazole rings is 1. The fourth-order valence-corrected chi connectivity index (χ4v) is 1.66. The molecule has 15 heavy (non-hydrogen) atoms. The molecule has 0 atom stereocenters. The maximum Gasteiger partial charge on any atom is 0.197 e. The predicted molar refractivity (Wildman–Crippen MR) is 54.7 cm³/mol. The SMILES string of the molecule is c1nc2ncc(N3CCOCC3)nc2[nH]1. The minimum atomic E-state index is 0.659. The number of nitrogens with one attached hydrogen (secondary N) is 1. The average Bonchev–Trinajstić information content (AvgIpc) is 2.77. The Kier molecular flexibility index (Phi) is 1.99. The van der Waals surface area contributed by atoms with Crippen molar-refractivity contribution in [1.82, 2.24) is 19.9 Å². The highest BCUT2D eigenvalue weighted by Crippen LogP contribution is 2.13. The Bertz CT molecular complexity index is 462. The van der Waals surface area contributed by atoms with Crippen LogP contribution in [-0.2, 0) is 4.74 Å². The zero-order valence-electron chi connectivity index (χ0n) is 8.18. The Balaban J connectivity index is 1.95. The van der Waals surface area contributed by atoms with Crippen LogP contribution in [0.3, 0.4) is 0 Å². The van der Waals surface area contributed by atoms with E-state index in [1.54, 1.807) is 12.5 Å². The van der Waals surface area contributed by atoms with Gasteiger partial charge in [0.2, 0.25) is 0 Å². The molecular formula is C9H11N5O. The summed E-state index contributed by atoms with van der Waals surface area (Å²) in [5.74, 6) is 0.884. The fraction of sp³-hybridized carbons (Fsp3) is 0.444. The molecule has 1 N–H and O–H groups in total. The Morgan fingerprint density at radius 2 is 2.13 bits per heavy atom. The Morgan fingerprint density at radius 3 is 3.00 bits per heavy atom. The number of rotatable bonds is 1. The minimum absolute atomic E-state index is 0.659. The number of hydrogen-bond donors (Lipinski definition) is 1. The molecule has 3 rings (SSSR count). The van der Waals surface area contributed by atoms with E-state index < -0.39 is 0 Å². The number of H-pyrrole nitrogens is 1. The molecular weight excluding hydrogens is 194 g/mol. The second-order valence-electron chi connectivity index (χ2n) is 3.40. The molecule has 6 heteroatoms. The lowest BCUT2D eigenvalue weighted by molar-refractivity contribution is 0.122. The summed E-state index contributed by atoms with van der Waals surface area (Å²) in [6, 6.07) is 0. The third-order valence-electron chi connectivity index (χ3n) is 2.46. The number of ether oxygens (including phenoxy) is 1. The van der Waals surface area contributed by atoms with Crippen molar-refractivity contribution in [3.05, 3.63) is 12.5 Å². The summed E-state index contributed by atoms with van der Waals surface area (Å²) < 4.78 is 5.28. The quantitative estimate of drug-likeness (QED) is 0.719. The van der Waals surface area contributed by atoms with Gasteiger partial charge in [-0.15, -0.1) is 0 Å². The number of fused-ring (bicyclic) bond motifs is 1. The van der Waals surface area contributed by atoms with Gasteiger partial charge in [-0.2, -0.15) is 0 Å². The van der Waals surface area contributed by atoms with Gasteiger partial charge in [0, 0.05) is 13.1 Å². The highest BCUT2D eigenvalue weighted by atomic mass is 16.5. The first-order valence-electron chi connectivity index (χ1n) is 4.92. The van der Waals surface area contributed by atoms with Crippen LogP contribution >= 0.6 is 0 Å². The molecule has 6 nitrogen and oxygen atoms in total. The fourth-order valence-electron chi connectivity index (χ4n) is 1.66. The van der Waals surface area contributed by atoms with Gasteiger partial charge in [0.05, 0.1) is 25.7 Å². The van der Waals surface area contributed by atoms with Gasteiger partial charge < -0.3 is 14.6 Å². The van der Waals surface area contributed by atoms with E-state index in [0.717, 1.165) is 37.8 Å². The zero-order chi connectivity index (χ0) is 10.1. The van der Waals surface area contributed by atoms with Crippen molar-refractivity contribution in [2.24, 2.45) is 0 Å². The van der Waals surface area contributed by atoms with Crippen LogP contribution in [0.15, 0.2) is 12.5 Å². The van der Waals surface area contributed by atoms with Crippen LogP contribution in [0.1, 0.15) is 0 Å². The highest BCUT2D eigenvalue weighted by molar-refractivity contribution is 5.66. The van der Waals surface area contributed by atoms with Gasteiger partial charge in [-0.25, -0.2) is 15.0 Å². The first-order valence-corrected chi connectivity index (χ1v) is 4.92. The second-order valence-corrected chi connectivity index (χ2v) is 3.40. The lowest BCUT2D eigenvalue weighted by atomic mass is 10.4. The number of aromatic nitrogens is 4. The van der Waals surface area contributed by atoms with Crippen LogP contribution in [0.25, 0.3) is 11.3 Å². The molecule has 2 aromatic rings. The number of anilines is 1. The van der Waals surface area contributed by atoms with Crippen molar-refractivity contribution in [3.63, 3.8) is 0 Å². The molecule has 0 aromatic carbocycles. The number of morpholine rings is 1. The maximum absolute atomic E-state index is 5.28. The van der Waals surface area contributed by atoms with Crippen LogP contribution in [-0.4, -0.2) is 46.2 Å². The van der Waals surface area contributed by atoms with Crippen molar-refractivity contribution in [2.75, 3.05) is 31.2 Å². The van der Waals surface area contributed by atoms with E-state index in [4.69, 9.17) is 4.74 Å². The van der Waals surface area contributed by atoms with Crippen LogP contribution in [0.2, 0.25) is 0 Å². The molecule has 0 radical (unpaired) electrons. The summed E-state index contributed by atoms with van der Waals surface area (Å²) in [7, 11) is 0. The highest BCUT2D eigenvalue weighted by Gasteiger charge is 2.13. The molecule has 0 amide bonds. The third-order valence-corrected chi connectivity index (χ3v) is 2.46. The first kappa shape index (κ1) is 8.60. The molecule has 1 fully saturated rings. The van der Waals surface area contributed by atoms with Gasteiger partial charge in [0.25, 0.3) is 0 Å². The van der Waals surface area contributed by atoms with E-state index in [0.29, 0.717) is 5.65 Å². The summed E-state index contributed by atoms with van der Waals surface area (Å²) in [6.07, 6.45) is 3.36. The maximum atomic E-state index is 5.28. The van der Waals surface area contributed by atoms with Gasteiger partial charge in [0.1, 0.15) is 5.82 Å². The van der Waals surface area contributed by atoms with E-state index in [1.165, 1.54) is 0 Å². The molecule has 3 heterocycles. The lowest BCUT2D eigenvalue weighted by Crippen LogP contribution is -2.36. The number of hydrogen-bond acceptors (Lipinski definition) is 5. The Hall–Kier alpha value is -1.69. The molecule has 78 valence electrons. The molecule has 0 unspecified atom stereocenters.